The Morgan fingerprint density at radius 3 is 3.05 bits per heavy atom. The first kappa shape index (κ1) is 13.1. The first-order valence-corrected chi connectivity index (χ1v) is 6.06. The van der Waals surface area contributed by atoms with Gasteiger partial charge in [0.2, 0.25) is 11.9 Å². The van der Waals surface area contributed by atoms with Crippen LogP contribution in [0.1, 0.15) is 13.3 Å². The molecule has 0 unspecified atom stereocenters. The van der Waals surface area contributed by atoms with E-state index in [1.165, 1.54) is 6.33 Å². The first-order chi connectivity index (χ1) is 9.11. The van der Waals surface area contributed by atoms with Gasteiger partial charge in [0.15, 0.2) is 11.5 Å². The van der Waals surface area contributed by atoms with Crippen LogP contribution in [0.3, 0.4) is 0 Å². The highest BCUT2D eigenvalue weighted by atomic mass is 16.2. The van der Waals surface area contributed by atoms with Gasteiger partial charge >= 0.3 is 0 Å². The summed E-state index contributed by atoms with van der Waals surface area (Å²) in [6.45, 7) is 2.87. The fourth-order valence-electron chi connectivity index (χ4n) is 1.72. The quantitative estimate of drug-likeness (QED) is 0.694. The standard InChI is InChI=1S/C11H17N7O/c1-3-4-13-7(19)5-18(2)10-8-9(15-6-14-8)16-11(12)17-10/h6H,3-5H2,1-2H3,(H,13,19)(H3,12,14,15,16,17). The maximum absolute atomic E-state index is 11.7. The van der Waals surface area contributed by atoms with Gasteiger partial charge in [0.05, 0.1) is 12.9 Å². The van der Waals surface area contributed by atoms with Crippen molar-refractivity contribution in [1.29, 1.82) is 0 Å². The number of nitrogens with two attached hydrogens (primary N) is 1. The molecule has 0 saturated carbocycles. The van der Waals surface area contributed by atoms with Crippen LogP contribution < -0.4 is 16.0 Å². The molecule has 0 aliphatic rings. The van der Waals surface area contributed by atoms with E-state index in [1.54, 1.807) is 11.9 Å². The summed E-state index contributed by atoms with van der Waals surface area (Å²) in [6.07, 6.45) is 2.42. The lowest BCUT2D eigenvalue weighted by Crippen LogP contribution is -2.36. The highest BCUT2D eigenvalue weighted by Crippen LogP contribution is 2.20. The molecule has 2 rings (SSSR count). The molecule has 1 amide bonds. The molecule has 8 nitrogen and oxygen atoms in total. The molecule has 0 bridgehead atoms. The van der Waals surface area contributed by atoms with Crippen molar-refractivity contribution in [2.24, 2.45) is 0 Å². The minimum Gasteiger partial charge on any atom is -0.368 e. The number of H-pyrrole nitrogens is 1. The van der Waals surface area contributed by atoms with Gasteiger partial charge in [-0.1, -0.05) is 6.92 Å². The van der Waals surface area contributed by atoms with E-state index in [2.05, 4.69) is 25.3 Å². The Labute approximate surface area is 110 Å². The number of nitrogen functional groups attached to an aromatic ring is 1. The number of nitrogens with one attached hydrogen (secondary N) is 2. The number of hydrogen-bond donors (Lipinski definition) is 3. The van der Waals surface area contributed by atoms with Crippen molar-refractivity contribution in [2.45, 2.75) is 13.3 Å². The topological polar surface area (TPSA) is 113 Å². The van der Waals surface area contributed by atoms with Crippen LogP contribution in [0.5, 0.6) is 0 Å². The number of hydrogen-bond acceptors (Lipinski definition) is 6. The number of carbonyl (C=O) groups excluding carboxylic acids is 1. The molecule has 8 heteroatoms. The van der Waals surface area contributed by atoms with Crippen molar-refractivity contribution in [3.05, 3.63) is 6.33 Å². The lowest BCUT2D eigenvalue weighted by molar-refractivity contribution is -0.119. The van der Waals surface area contributed by atoms with Crippen LogP contribution in [0.25, 0.3) is 11.2 Å². The van der Waals surface area contributed by atoms with Gasteiger partial charge in [-0.15, -0.1) is 0 Å². The predicted octanol–water partition coefficient (Wildman–Crippen LogP) is -0.102. The van der Waals surface area contributed by atoms with Crippen molar-refractivity contribution < 1.29 is 4.79 Å². The predicted molar refractivity (Wildman–Crippen MR) is 72.7 cm³/mol. The number of nitrogens with zero attached hydrogens (tertiary/aromatic N) is 4. The van der Waals surface area contributed by atoms with Crippen LogP contribution in [-0.2, 0) is 4.79 Å². The number of imidazole rings is 1. The normalized spacial score (nSPS) is 10.6. The third-order valence-corrected chi connectivity index (χ3v) is 2.60. The Morgan fingerprint density at radius 2 is 2.32 bits per heavy atom. The zero-order valence-electron chi connectivity index (χ0n) is 11.0. The number of carbonyl (C=O) groups is 1. The molecular weight excluding hydrogens is 246 g/mol. The average molecular weight is 263 g/mol. The van der Waals surface area contributed by atoms with Gasteiger partial charge in [0.25, 0.3) is 0 Å². The Hall–Kier alpha value is -2.38. The van der Waals surface area contributed by atoms with Crippen molar-refractivity contribution in [1.82, 2.24) is 25.3 Å². The Balaban J connectivity index is 2.18. The molecule has 0 aliphatic carbocycles. The molecule has 2 aromatic heterocycles. The molecule has 0 fully saturated rings. The zero-order valence-corrected chi connectivity index (χ0v) is 11.0. The van der Waals surface area contributed by atoms with E-state index in [0.717, 1.165) is 6.42 Å². The van der Waals surface area contributed by atoms with E-state index in [-0.39, 0.29) is 18.4 Å². The van der Waals surface area contributed by atoms with Gasteiger partial charge in [-0.3, -0.25) is 4.79 Å². The number of likely N-dealkylation sites (N-methyl/N-ethyl adjacent to an activating group) is 1. The average Bonchev–Trinajstić information content (AvgIpc) is 2.83. The van der Waals surface area contributed by atoms with E-state index in [0.29, 0.717) is 23.5 Å². The molecule has 0 radical (unpaired) electrons. The van der Waals surface area contributed by atoms with Crippen LogP contribution >= 0.6 is 0 Å². The second-order valence-electron chi connectivity index (χ2n) is 4.21. The van der Waals surface area contributed by atoms with Gasteiger partial charge < -0.3 is 20.9 Å². The fraction of sp³-hybridized carbons (Fsp3) is 0.455. The lowest BCUT2D eigenvalue weighted by atomic mass is 10.4. The first-order valence-electron chi connectivity index (χ1n) is 6.06. The van der Waals surface area contributed by atoms with Crippen LogP contribution in [-0.4, -0.2) is 46.0 Å². The fourth-order valence-corrected chi connectivity index (χ4v) is 1.72. The molecule has 2 heterocycles. The van der Waals surface area contributed by atoms with Crippen LogP contribution in [0.4, 0.5) is 11.8 Å². The molecule has 4 N–H and O–H groups in total. The lowest BCUT2D eigenvalue weighted by Gasteiger charge is -2.18. The van der Waals surface area contributed by atoms with E-state index >= 15 is 0 Å². The van der Waals surface area contributed by atoms with Crippen molar-refractivity contribution in [3.8, 4) is 0 Å². The summed E-state index contributed by atoms with van der Waals surface area (Å²) in [4.78, 5) is 28.5. The van der Waals surface area contributed by atoms with E-state index in [4.69, 9.17) is 5.73 Å². The number of rotatable bonds is 5. The number of anilines is 2. The largest absolute Gasteiger partial charge is 0.368 e. The highest BCUT2D eigenvalue weighted by Gasteiger charge is 2.14. The molecule has 102 valence electrons. The number of aromatic nitrogens is 4. The Bertz CT molecular complexity index is 579. The SMILES string of the molecule is CCCNC(=O)CN(C)c1nc(N)nc2nc[nH]c12. The molecule has 2 aromatic rings. The molecule has 0 aliphatic heterocycles. The van der Waals surface area contributed by atoms with Gasteiger partial charge in [-0.05, 0) is 6.42 Å². The van der Waals surface area contributed by atoms with Crippen LogP contribution in [0, 0.1) is 0 Å². The van der Waals surface area contributed by atoms with Crippen LogP contribution in [0.2, 0.25) is 0 Å². The number of aromatic amines is 1. The summed E-state index contributed by atoms with van der Waals surface area (Å²) in [5.74, 6) is 0.635. The highest BCUT2D eigenvalue weighted by molar-refractivity contribution is 5.87. The summed E-state index contributed by atoms with van der Waals surface area (Å²) in [7, 11) is 1.77. The van der Waals surface area contributed by atoms with E-state index in [1.807, 2.05) is 6.92 Å². The Morgan fingerprint density at radius 1 is 1.53 bits per heavy atom. The molecular formula is C11H17N7O. The summed E-state index contributed by atoms with van der Waals surface area (Å²) in [5.41, 5.74) is 6.79. The van der Waals surface area contributed by atoms with Crippen LogP contribution in [0.15, 0.2) is 6.33 Å². The summed E-state index contributed by atoms with van der Waals surface area (Å²) >= 11 is 0. The maximum Gasteiger partial charge on any atom is 0.239 e. The van der Waals surface area contributed by atoms with E-state index < -0.39 is 0 Å². The van der Waals surface area contributed by atoms with Crippen molar-refractivity contribution >= 4 is 28.8 Å². The maximum atomic E-state index is 11.7. The number of fused-ring (bicyclic) bond motifs is 1. The summed E-state index contributed by atoms with van der Waals surface area (Å²) in [5, 5.41) is 2.81. The monoisotopic (exact) mass is 263 g/mol. The van der Waals surface area contributed by atoms with Crippen molar-refractivity contribution in [2.75, 3.05) is 30.8 Å². The molecule has 0 aromatic carbocycles. The summed E-state index contributed by atoms with van der Waals surface area (Å²) in [6, 6.07) is 0. The van der Waals surface area contributed by atoms with Gasteiger partial charge in [0, 0.05) is 13.6 Å². The minimum atomic E-state index is -0.0609. The number of amides is 1. The molecule has 0 spiro atoms. The van der Waals surface area contributed by atoms with E-state index in [9.17, 15) is 4.79 Å². The molecule has 0 saturated heterocycles. The third kappa shape index (κ3) is 2.90. The van der Waals surface area contributed by atoms with Crippen molar-refractivity contribution in [3.63, 3.8) is 0 Å². The van der Waals surface area contributed by atoms with Gasteiger partial charge in [0.1, 0.15) is 5.52 Å². The zero-order chi connectivity index (χ0) is 13.8. The minimum absolute atomic E-state index is 0.0609. The molecule has 19 heavy (non-hydrogen) atoms. The second kappa shape index (κ2) is 5.51. The second-order valence-corrected chi connectivity index (χ2v) is 4.21. The molecule has 0 atom stereocenters. The van der Waals surface area contributed by atoms with Gasteiger partial charge in [-0.2, -0.15) is 9.97 Å². The Kier molecular flexibility index (Phi) is 3.79. The van der Waals surface area contributed by atoms with Gasteiger partial charge in [-0.25, -0.2) is 4.98 Å². The smallest absolute Gasteiger partial charge is 0.239 e. The summed E-state index contributed by atoms with van der Waals surface area (Å²) < 4.78 is 0. The third-order valence-electron chi connectivity index (χ3n) is 2.60.